The number of hydrogen-bond acceptors (Lipinski definition) is 4. The van der Waals surface area contributed by atoms with Crippen LogP contribution in [0.4, 0.5) is 0 Å². The molecule has 56 heavy (non-hydrogen) atoms. The minimum Gasteiger partial charge on any atom is -0.456 e. The lowest BCUT2D eigenvalue weighted by Gasteiger charge is -2.23. The Balaban J connectivity index is 1.12. The number of rotatable bonds is 4. The van der Waals surface area contributed by atoms with Crippen molar-refractivity contribution in [2.24, 2.45) is 4.99 Å². The van der Waals surface area contributed by atoms with Crippen molar-refractivity contribution in [1.29, 1.82) is 0 Å². The molecule has 0 aliphatic carbocycles. The maximum atomic E-state index is 6.51. The highest BCUT2D eigenvalue weighted by Crippen LogP contribution is 2.43. The minimum atomic E-state index is -0.370. The van der Waals surface area contributed by atoms with Gasteiger partial charge in [0.05, 0.1) is 5.70 Å². The summed E-state index contributed by atoms with van der Waals surface area (Å²) in [6.45, 7) is 0. The van der Waals surface area contributed by atoms with Crippen LogP contribution in [0.25, 0.3) is 93.2 Å². The Morgan fingerprint density at radius 3 is 1.79 bits per heavy atom. The van der Waals surface area contributed by atoms with Crippen LogP contribution in [0.15, 0.2) is 196 Å². The van der Waals surface area contributed by atoms with E-state index in [1.54, 1.807) is 0 Å². The molecule has 0 saturated carbocycles. The molecule has 1 N–H and O–H groups in total. The maximum absolute atomic E-state index is 6.51. The summed E-state index contributed by atoms with van der Waals surface area (Å²) >= 11 is 0. The number of para-hydroxylation sites is 2. The topological polar surface area (TPSA) is 50.7 Å². The molecular formula is C52H32N2O2. The Labute approximate surface area is 321 Å². The van der Waals surface area contributed by atoms with Crippen molar-refractivity contribution in [2.75, 3.05) is 0 Å². The molecule has 2 aromatic heterocycles. The molecule has 0 fully saturated rings. The molecule has 0 spiro atoms. The van der Waals surface area contributed by atoms with Crippen molar-refractivity contribution in [1.82, 2.24) is 5.32 Å². The molecule has 1 unspecified atom stereocenters. The highest BCUT2D eigenvalue weighted by molar-refractivity contribution is 6.28. The van der Waals surface area contributed by atoms with E-state index in [0.717, 1.165) is 82.8 Å². The molecule has 4 nitrogen and oxygen atoms in total. The smallest absolute Gasteiger partial charge is 0.177 e. The monoisotopic (exact) mass is 716 g/mol. The Morgan fingerprint density at radius 1 is 0.393 bits per heavy atom. The van der Waals surface area contributed by atoms with Crippen LogP contribution in [-0.4, -0.2) is 0 Å². The first-order valence-corrected chi connectivity index (χ1v) is 19.1. The second kappa shape index (κ2) is 12.0. The van der Waals surface area contributed by atoms with Gasteiger partial charge >= 0.3 is 0 Å². The second-order valence-electron chi connectivity index (χ2n) is 14.7. The Kier molecular flexibility index (Phi) is 6.66. The van der Waals surface area contributed by atoms with Crippen LogP contribution >= 0.6 is 0 Å². The predicted molar refractivity (Wildman–Crippen MR) is 229 cm³/mol. The summed E-state index contributed by atoms with van der Waals surface area (Å²) in [6, 6.07) is 64.6. The number of furan rings is 2. The van der Waals surface area contributed by atoms with E-state index < -0.39 is 0 Å². The van der Waals surface area contributed by atoms with E-state index in [0.29, 0.717) is 0 Å². The lowest BCUT2D eigenvalue weighted by Crippen LogP contribution is -2.38. The Morgan fingerprint density at radius 2 is 0.982 bits per heavy atom. The molecule has 0 amide bonds. The fourth-order valence-electron chi connectivity index (χ4n) is 8.88. The zero-order valence-electron chi connectivity index (χ0n) is 30.2. The molecule has 11 aromatic rings. The zero-order valence-corrected chi connectivity index (χ0v) is 30.2. The van der Waals surface area contributed by atoms with Crippen molar-refractivity contribution < 1.29 is 8.83 Å². The van der Waals surface area contributed by atoms with Crippen molar-refractivity contribution in [3.05, 3.63) is 204 Å². The fraction of sp³-hybridized carbons (Fsp3) is 0.0192. The summed E-state index contributed by atoms with van der Waals surface area (Å²) < 4.78 is 12.8. The molecule has 1 aliphatic rings. The van der Waals surface area contributed by atoms with Gasteiger partial charge in [-0.05, 0) is 109 Å². The van der Waals surface area contributed by atoms with Crippen molar-refractivity contribution in [3.63, 3.8) is 0 Å². The van der Waals surface area contributed by atoms with Gasteiger partial charge in [0.1, 0.15) is 28.3 Å². The SMILES string of the molecule is c1ccc(C2=c3oc4ccccc4c3=NC(c3cc(-c4cccc(-c5ccc6c(c5)oc5ccccc56)c4)c4c5ccccc5c5ccccc5c4c3)N2)cc1. The van der Waals surface area contributed by atoms with Crippen molar-refractivity contribution in [2.45, 2.75) is 6.17 Å². The van der Waals surface area contributed by atoms with E-state index in [2.05, 4.69) is 157 Å². The van der Waals surface area contributed by atoms with Gasteiger partial charge in [0.2, 0.25) is 0 Å². The highest BCUT2D eigenvalue weighted by Gasteiger charge is 2.24. The molecule has 12 rings (SSSR count). The molecule has 1 aliphatic heterocycles. The largest absolute Gasteiger partial charge is 0.456 e. The molecule has 0 bridgehead atoms. The summed E-state index contributed by atoms with van der Waals surface area (Å²) in [5.74, 6) is 0. The van der Waals surface area contributed by atoms with Gasteiger partial charge in [0.25, 0.3) is 0 Å². The number of hydrogen-bond donors (Lipinski definition) is 1. The predicted octanol–water partition coefficient (Wildman–Crippen LogP) is 12.2. The molecule has 3 heterocycles. The van der Waals surface area contributed by atoms with Gasteiger partial charge in [0.15, 0.2) is 5.42 Å². The lowest BCUT2D eigenvalue weighted by molar-refractivity contribution is 0.535. The van der Waals surface area contributed by atoms with Crippen LogP contribution in [0.3, 0.4) is 0 Å². The molecule has 0 saturated heterocycles. The molecule has 9 aromatic carbocycles. The van der Waals surface area contributed by atoms with Crippen LogP contribution in [0.2, 0.25) is 0 Å². The van der Waals surface area contributed by atoms with Gasteiger partial charge in [-0.25, -0.2) is 0 Å². The molecule has 0 radical (unpaired) electrons. The molecule has 4 heteroatoms. The summed E-state index contributed by atoms with van der Waals surface area (Å²) in [4.78, 5) is 5.44. The number of nitrogens with one attached hydrogen (secondary N) is 1. The van der Waals surface area contributed by atoms with Crippen LogP contribution in [0, 0.1) is 0 Å². The third-order valence-electron chi connectivity index (χ3n) is 11.5. The number of nitrogens with zero attached hydrogens (tertiary/aromatic N) is 1. The van der Waals surface area contributed by atoms with Crippen LogP contribution < -0.4 is 16.1 Å². The molecule has 262 valence electrons. The standard InChI is InChI=1S/C52H32N2O2/c1-2-13-31(14-3-1)49-51-50(42-22-9-11-24-46(42)56-51)54-52(53-49)35-28-43(48-41-21-7-6-18-37(41)36-17-4-5-19-38(36)44(48)29-35)34-16-12-15-32(27-34)33-25-26-40-39-20-8-10-23-45(39)55-47(40)30-33/h1-30,52-53H. The second-order valence-corrected chi connectivity index (χ2v) is 14.7. The summed E-state index contributed by atoms with van der Waals surface area (Å²) in [5, 5.41) is 15.3. The number of fused-ring (bicyclic) bond motifs is 12. The third kappa shape index (κ3) is 4.69. The molecular weight excluding hydrogens is 685 g/mol. The van der Waals surface area contributed by atoms with Gasteiger partial charge in [-0.15, -0.1) is 0 Å². The minimum absolute atomic E-state index is 0.370. The van der Waals surface area contributed by atoms with E-state index in [9.17, 15) is 0 Å². The number of benzene rings is 9. The first-order chi connectivity index (χ1) is 27.7. The van der Waals surface area contributed by atoms with Gasteiger partial charge in [-0.1, -0.05) is 133 Å². The third-order valence-corrected chi connectivity index (χ3v) is 11.5. The van der Waals surface area contributed by atoms with Crippen molar-refractivity contribution >= 4 is 70.9 Å². The van der Waals surface area contributed by atoms with Gasteiger partial charge in [0, 0.05) is 21.7 Å². The fourth-order valence-corrected chi connectivity index (χ4v) is 8.88. The normalized spacial score (nSPS) is 14.1. The first kappa shape index (κ1) is 31.0. The van der Waals surface area contributed by atoms with E-state index in [1.165, 1.54) is 32.3 Å². The van der Waals surface area contributed by atoms with Gasteiger partial charge in [-0.2, -0.15) is 0 Å². The maximum Gasteiger partial charge on any atom is 0.177 e. The van der Waals surface area contributed by atoms with Crippen LogP contribution in [-0.2, 0) is 0 Å². The van der Waals surface area contributed by atoms with Gasteiger partial charge in [-0.3, -0.25) is 4.99 Å². The van der Waals surface area contributed by atoms with Crippen molar-refractivity contribution in [3.8, 4) is 22.3 Å². The average Bonchev–Trinajstić information content (AvgIpc) is 3.84. The first-order valence-electron chi connectivity index (χ1n) is 19.1. The van der Waals surface area contributed by atoms with E-state index in [1.807, 2.05) is 30.3 Å². The van der Waals surface area contributed by atoms with E-state index in [4.69, 9.17) is 13.8 Å². The van der Waals surface area contributed by atoms with Crippen LogP contribution in [0.1, 0.15) is 17.3 Å². The van der Waals surface area contributed by atoms with E-state index >= 15 is 0 Å². The molecule has 1 atom stereocenters. The van der Waals surface area contributed by atoms with Crippen LogP contribution in [0.5, 0.6) is 0 Å². The Bertz CT molecular complexity index is 3520. The van der Waals surface area contributed by atoms with E-state index in [-0.39, 0.29) is 6.17 Å². The summed E-state index contributed by atoms with van der Waals surface area (Å²) in [5.41, 5.74) is 11.0. The average molecular weight is 717 g/mol. The van der Waals surface area contributed by atoms with Gasteiger partial charge < -0.3 is 14.2 Å². The summed E-state index contributed by atoms with van der Waals surface area (Å²) in [6.07, 6.45) is -0.370. The quantitative estimate of drug-likeness (QED) is 0.185. The Hall–Kier alpha value is -7.43. The zero-order chi connectivity index (χ0) is 36.7. The highest BCUT2D eigenvalue weighted by atomic mass is 16.3. The lowest BCUT2D eigenvalue weighted by atomic mass is 9.87. The summed E-state index contributed by atoms with van der Waals surface area (Å²) in [7, 11) is 0.